The predicted molar refractivity (Wildman–Crippen MR) is 50.7 cm³/mol. The second kappa shape index (κ2) is 6.63. The van der Waals surface area contributed by atoms with Crippen LogP contribution in [0.4, 0.5) is 0 Å². The van der Waals surface area contributed by atoms with Gasteiger partial charge < -0.3 is 5.32 Å². The van der Waals surface area contributed by atoms with Gasteiger partial charge in [0.15, 0.2) is 5.78 Å². The number of nitrogens with one attached hydrogen (secondary N) is 1. The Kier molecular flexibility index (Phi) is 6.04. The molecule has 0 heterocycles. The first-order chi connectivity index (χ1) is 5.68. The van der Waals surface area contributed by atoms with Gasteiger partial charge >= 0.3 is 0 Å². The molecule has 0 aliphatic carbocycles. The molecule has 66 valence electrons. The van der Waals surface area contributed by atoms with Gasteiger partial charge in [0.1, 0.15) is 0 Å². The maximum absolute atomic E-state index is 11.0. The minimum absolute atomic E-state index is 0.0777. The van der Waals surface area contributed by atoms with Gasteiger partial charge in [0, 0.05) is 12.5 Å². The van der Waals surface area contributed by atoms with E-state index in [0.717, 1.165) is 0 Å². The van der Waals surface area contributed by atoms with E-state index < -0.39 is 0 Å². The molecular weight excluding hydrogens is 150 g/mol. The Hall–Kier alpha value is -1.07. The number of allylic oxidation sites excluding steroid dienone is 1. The third-order valence-electron chi connectivity index (χ3n) is 1.34. The fraction of sp³-hybridized carbons (Fsp3) is 0.500. The summed E-state index contributed by atoms with van der Waals surface area (Å²) in [4.78, 5) is 11.0. The van der Waals surface area contributed by atoms with E-state index in [2.05, 4.69) is 11.2 Å². The fourth-order valence-corrected chi connectivity index (χ4v) is 0.595. The zero-order valence-electron chi connectivity index (χ0n) is 7.63. The van der Waals surface area contributed by atoms with Crippen molar-refractivity contribution in [2.45, 2.75) is 13.8 Å². The minimum Gasteiger partial charge on any atom is -0.303 e. The van der Waals surface area contributed by atoms with Gasteiger partial charge in [-0.3, -0.25) is 4.79 Å². The van der Waals surface area contributed by atoms with Crippen LogP contribution in [0.2, 0.25) is 0 Å². The number of rotatable bonds is 5. The highest BCUT2D eigenvalue weighted by Gasteiger charge is 2.00. The van der Waals surface area contributed by atoms with Crippen LogP contribution in [0.1, 0.15) is 13.8 Å². The maximum atomic E-state index is 11.0. The van der Waals surface area contributed by atoms with Crippen molar-refractivity contribution < 1.29 is 4.79 Å². The summed E-state index contributed by atoms with van der Waals surface area (Å²) in [5.41, 5.74) is 0. The van der Waals surface area contributed by atoms with Crippen LogP contribution in [-0.4, -0.2) is 18.9 Å². The monoisotopic (exact) mass is 165 g/mol. The molecule has 0 radical (unpaired) electrons. The third kappa shape index (κ3) is 5.70. The van der Waals surface area contributed by atoms with Crippen molar-refractivity contribution in [3.05, 3.63) is 12.2 Å². The first-order valence-electron chi connectivity index (χ1n) is 4.03. The number of terminal acetylenes is 1. The SMILES string of the molecule is C#CCNC/C=C/C(=O)C(C)C. The molecule has 2 nitrogen and oxygen atoms in total. The minimum atomic E-state index is 0.0777. The van der Waals surface area contributed by atoms with E-state index in [0.29, 0.717) is 13.1 Å². The molecule has 2 heteroatoms. The lowest BCUT2D eigenvalue weighted by Gasteiger charge is -1.96. The second-order valence-corrected chi connectivity index (χ2v) is 2.79. The van der Waals surface area contributed by atoms with Crippen LogP contribution < -0.4 is 5.32 Å². The summed E-state index contributed by atoms with van der Waals surface area (Å²) in [5, 5.41) is 2.95. The number of ketones is 1. The summed E-state index contributed by atoms with van der Waals surface area (Å²) in [6.45, 7) is 4.95. The van der Waals surface area contributed by atoms with Gasteiger partial charge in [-0.1, -0.05) is 25.8 Å². The van der Waals surface area contributed by atoms with Crippen molar-refractivity contribution in [1.82, 2.24) is 5.32 Å². The van der Waals surface area contributed by atoms with E-state index in [4.69, 9.17) is 6.42 Å². The van der Waals surface area contributed by atoms with E-state index >= 15 is 0 Å². The molecule has 0 aliphatic rings. The van der Waals surface area contributed by atoms with Gasteiger partial charge in [0.25, 0.3) is 0 Å². The molecule has 0 rings (SSSR count). The molecule has 12 heavy (non-hydrogen) atoms. The largest absolute Gasteiger partial charge is 0.303 e. The van der Waals surface area contributed by atoms with E-state index in [1.165, 1.54) is 0 Å². The summed E-state index contributed by atoms with van der Waals surface area (Å²) in [5.74, 6) is 2.68. The second-order valence-electron chi connectivity index (χ2n) is 2.79. The van der Waals surface area contributed by atoms with Gasteiger partial charge in [-0.15, -0.1) is 6.42 Å². The van der Waals surface area contributed by atoms with Crippen molar-refractivity contribution in [1.29, 1.82) is 0 Å². The van der Waals surface area contributed by atoms with E-state index in [9.17, 15) is 4.79 Å². The van der Waals surface area contributed by atoms with Crippen LogP contribution in [0, 0.1) is 18.3 Å². The molecule has 0 aliphatic heterocycles. The van der Waals surface area contributed by atoms with Gasteiger partial charge in [0.05, 0.1) is 6.54 Å². The standard InChI is InChI=1S/C10H15NO/c1-4-7-11-8-5-6-10(12)9(2)3/h1,5-6,9,11H,7-8H2,2-3H3/b6-5+. The molecule has 0 unspecified atom stereocenters. The van der Waals surface area contributed by atoms with Gasteiger partial charge in [-0.05, 0) is 6.08 Å². The summed E-state index contributed by atoms with van der Waals surface area (Å²) in [6, 6.07) is 0. The molecule has 0 aromatic carbocycles. The first kappa shape index (κ1) is 10.9. The average Bonchev–Trinajstić information content (AvgIpc) is 2.03. The van der Waals surface area contributed by atoms with Crippen molar-refractivity contribution in [3.63, 3.8) is 0 Å². The Balaban J connectivity index is 3.50. The molecule has 0 aromatic heterocycles. The Labute approximate surface area is 74.0 Å². The smallest absolute Gasteiger partial charge is 0.157 e. The molecule has 0 fully saturated rings. The number of carbonyl (C=O) groups is 1. The quantitative estimate of drug-likeness (QED) is 0.374. The Morgan fingerprint density at radius 2 is 2.33 bits per heavy atom. The van der Waals surface area contributed by atoms with Crippen molar-refractivity contribution in [3.8, 4) is 12.3 Å². The summed E-state index contributed by atoms with van der Waals surface area (Å²) in [6.07, 6.45) is 8.40. The highest BCUT2D eigenvalue weighted by molar-refractivity contribution is 5.91. The third-order valence-corrected chi connectivity index (χ3v) is 1.34. The predicted octanol–water partition coefficient (Wildman–Crippen LogP) is 0.991. The molecular formula is C10H15NO. The number of hydrogen-bond acceptors (Lipinski definition) is 2. The van der Waals surface area contributed by atoms with E-state index in [1.807, 2.05) is 13.8 Å². The lowest BCUT2D eigenvalue weighted by molar-refractivity contribution is -0.117. The molecule has 0 spiro atoms. The van der Waals surface area contributed by atoms with E-state index in [-0.39, 0.29) is 11.7 Å². The molecule has 0 amide bonds. The average molecular weight is 165 g/mol. The number of carbonyl (C=O) groups excluding carboxylic acids is 1. The van der Waals surface area contributed by atoms with Crippen molar-refractivity contribution in [2.75, 3.05) is 13.1 Å². The molecule has 0 bridgehead atoms. The first-order valence-corrected chi connectivity index (χ1v) is 4.03. The lowest BCUT2D eigenvalue weighted by atomic mass is 10.1. The van der Waals surface area contributed by atoms with Crippen LogP contribution in [0.5, 0.6) is 0 Å². The normalized spacial score (nSPS) is 10.5. The Morgan fingerprint density at radius 1 is 1.67 bits per heavy atom. The summed E-state index contributed by atoms with van der Waals surface area (Å²) in [7, 11) is 0. The summed E-state index contributed by atoms with van der Waals surface area (Å²) >= 11 is 0. The topological polar surface area (TPSA) is 29.1 Å². The van der Waals surface area contributed by atoms with Crippen LogP contribution in [0.15, 0.2) is 12.2 Å². The Morgan fingerprint density at radius 3 is 2.83 bits per heavy atom. The lowest BCUT2D eigenvalue weighted by Crippen LogP contribution is -2.13. The van der Waals surface area contributed by atoms with Gasteiger partial charge in [-0.25, -0.2) is 0 Å². The zero-order valence-corrected chi connectivity index (χ0v) is 7.63. The van der Waals surface area contributed by atoms with Crippen LogP contribution in [-0.2, 0) is 4.79 Å². The van der Waals surface area contributed by atoms with Crippen molar-refractivity contribution >= 4 is 5.78 Å². The highest BCUT2D eigenvalue weighted by Crippen LogP contribution is 1.94. The molecule has 1 N–H and O–H groups in total. The molecule has 0 aromatic rings. The van der Waals surface area contributed by atoms with E-state index in [1.54, 1.807) is 12.2 Å². The van der Waals surface area contributed by atoms with Crippen LogP contribution in [0.25, 0.3) is 0 Å². The fourth-order valence-electron chi connectivity index (χ4n) is 0.595. The number of hydrogen-bond donors (Lipinski definition) is 1. The molecule has 0 atom stereocenters. The van der Waals surface area contributed by atoms with Crippen LogP contribution in [0.3, 0.4) is 0 Å². The zero-order chi connectivity index (χ0) is 9.40. The molecule has 0 saturated carbocycles. The maximum Gasteiger partial charge on any atom is 0.157 e. The Bertz CT molecular complexity index is 198. The summed E-state index contributed by atoms with van der Waals surface area (Å²) < 4.78 is 0. The van der Waals surface area contributed by atoms with Gasteiger partial charge in [0.2, 0.25) is 0 Å². The molecule has 0 saturated heterocycles. The highest BCUT2D eigenvalue weighted by atomic mass is 16.1. The van der Waals surface area contributed by atoms with Crippen LogP contribution >= 0.6 is 0 Å². The van der Waals surface area contributed by atoms with Gasteiger partial charge in [-0.2, -0.15) is 0 Å². The van der Waals surface area contributed by atoms with Crippen molar-refractivity contribution in [2.24, 2.45) is 5.92 Å².